The quantitative estimate of drug-likeness (QED) is 0.700. The predicted octanol–water partition coefficient (Wildman–Crippen LogP) is 3.56. The topological polar surface area (TPSA) is 84.2 Å². The summed E-state index contributed by atoms with van der Waals surface area (Å²) in [4.78, 5) is 24.5. The molecule has 0 saturated heterocycles. The lowest BCUT2D eigenvalue weighted by molar-refractivity contribution is -0.139. The Bertz CT molecular complexity index is 991. The molecular formula is C21H23N3O3. The Kier molecular flexibility index (Phi) is 5.26. The minimum Gasteiger partial charge on any atom is -0.479 e. The smallest absolute Gasteiger partial charge is 0.330 e. The number of fused-ring (bicyclic) bond motifs is 1. The van der Waals surface area contributed by atoms with Crippen LogP contribution in [-0.2, 0) is 11.3 Å². The zero-order valence-corrected chi connectivity index (χ0v) is 15.6. The number of nitrogens with one attached hydrogen (secondary N) is 1. The molecule has 0 bridgehead atoms. The van der Waals surface area contributed by atoms with Gasteiger partial charge in [-0.1, -0.05) is 50.2 Å². The number of hydrogen-bond acceptors (Lipinski definition) is 3. The predicted molar refractivity (Wildman–Crippen MR) is 104 cm³/mol. The van der Waals surface area contributed by atoms with E-state index in [0.717, 1.165) is 16.5 Å². The summed E-state index contributed by atoms with van der Waals surface area (Å²) in [6.45, 7) is 6.66. The Hall–Kier alpha value is -3.15. The van der Waals surface area contributed by atoms with Gasteiger partial charge in [-0.25, -0.2) is 4.79 Å². The maximum atomic E-state index is 12.7. The third-order valence-electron chi connectivity index (χ3n) is 4.52. The maximum absolute atomic E-state index is 12.7. The van der Waals surface area contributed by atoms with Gasteiger partial charge in [-0.05, 0) is 35.2 Å². The molecule has 1 unspecified atom stereocenters. The number of carboxylic acid groups (broad SMARTS) is 1. The van der Waals surface area contributed by atoms with E-state index in [0.29, 0.717) is 23.6 Å². The van der Waals surface area contributed by atoms with Gasteiger partial charge >= 0.3 is 5.97 Å². The standard InChI is InChI=1S/C21H23N3O3/c1-13(2)12-24-14(3)18(11-22-24)20(25)23-19(21(26)27)17-9-8-15-6-4-5-7-16(15)10-17/h4-11,13,19H,12H2,1-3H3,(H,23,25)(H,26,27). The molecule has 27 heavy (non-hydrogen) atoms. The van der Waals surface area contributed by atoms with Crippen molar-refractivity contribution in [1.29, 1.82) is 0 Å². The number of rotatable bonds is 6. The third-order valence-corrected chi connectivity index (χ3v) is 4.52. The SMILES string of the molecule is Cc1c(C(=O)NC(C(=O)O)c2ccc3ccccc3c2)cnn1CC(C)C. The largest absolute Gasteiger partial charge is 0.479 e. The zero-order valence-electron chi connectivity index (χ0n) is 15.6. The molecule has 1 aromatic heterocycles. The number of carbonyl (C=O) groups is 2. The van der Waals surface area contributed by atoms with E-state index in [9.17, 15) is 14.7 Å². The van der Waals surface area contributed by atoms with Gasteiger partial charge in [0.25, 0.3) is 5.91 Å². The number of hydrogen-bond donors (Lipinski definition) is 2. The van der Waals surface area contributed by atoms with E-state index in [4.69, 9.17) is 0 Å². The molecule has 3 rings (SSSR count). The lowest BCUT2D eigenvalue weighted by Gasteiger charge is -2.16. The average Bonchev–Trinajstić information content (AvgIpc) is 2.99. The molecule has 2 N–H and O–H groups in total. The minimum absolute atomic E-state index is 0.391. The highest BCUT2D eigenvalue weighted by atomic mass is 16.4. The van der Waals surface area contributed by atoms with Crippen LogP contribution in [0.5, 0.6) is 0 Å². The van der Waals surface area contributed by atoms with Crippen LogP contribution in [-0.4, -0.2) is 26.8 Å². The van der Waals surface area contributed by atoms with Crippen molar-refractivity contribution >= 4 is 22.6 Å². The molecule has 0 fully saturated rings. The summed E-state index contributed by atoms with van der Waals surface area (Å²) < 4.78 is 1.77. The summed E-state index contributed by atoms with van der Waals surface area (Å²) in [7, 11) is 0. The zero-order chi connectivity index (χ0) is 19.6. The van der Waals surface area contributed by atoms with E-state index in [1.54, 1.807) is 16.8 Å². The lowest BCUT2D eigenvalue weighted by Crippen LogP contribution is -2.34. The van der Waals surface area contributed by atoms with Crippen LogP contribution in [0.4, 0.5) is 0 Å². The number of nitrogens with zero attached hydrogens (tertiary/aromatic N) is 2. The van der Waals surface area contributed by atoms with Gasteiger partial charge in [-0.3, -0.25) is 9.48 Å². The second-order valence-electron chi connectivity index (χ2n) is 7.07. The Labute approximate surface area is 157 Å². The normalized spacial score (nSPS) is 12.3. The number of aliphatic carboxylic acids is 1. The first-order chi connectivity index (χ1) is 12.9. The molecule has 140 valence electrons. The van der Waals surface area contributed by atoms with Crippen molar-refractivity contribution in [2.75, 3.05) is 0 Å². The molecule has 0 aliphatic rings. The molecule has 0 aliphatic heterocycles. The van der Waals surface area contributed by atoms with Crippen molar-refractivity contribution in [1.82, 2.24) is 15.1 Å². The van der Waals surface area contributed by atoms with Gasteiger partial charge in [0, 0.05) is 12.2 Å². The molecule has 2 aromatic carbocycles. The van der Waals surface area contributed by atoms with Crippen LogP contribution in [0.3, 0.4) is 0 Å². The van der Waals surface area contributed by atoms with Crippen LogP contribution in [0.25, 0.3) is 10.8 Å². The Balaban J connectivity index is 1.87. The van der Waals surface area contributed by atoms with Gasteiger partial charge in [0.1, 0.15) is 0 Å². The molecule has 0 radical (unpaired) electrons. The van der Waals surface area contributed by atoms with E-state index in [2.05, 4.69) is 24.3 Å². The average molecular weight is 365 g/mol. The highest BCUT2D eigenvalue weighted by molar-refractivity contribution is 5.97. The summed E-state index contributed by atoms with van der Waals surface area (Å²) in [6.07, 6.45) is 1.49. The molecule has 1 heterocycles. The van der Waals surface area contributed by atoms with Gasteiger partial charge in [0.05, 0.1) is 11.8 Å². The number of benzene rings is 2. The number of aromatic nitrogens is 2. The van der Waals surface area contributed by atoms with Crippen molar-refractivity contribution in [2.24, 2.45) is 5.92 Å². The van der Waals surface area contributed by atoms with Crippen LogP contribution in [0.2, 0.25) is 0 Å². The second kappa shape index (κ2) is 7.61. The maximum Gasteiger partial charge on any atom is 0.330 e. The Morgan fingerprint density at radius 1 is 1.15 bits per heavy atom. The molecule has 1 atom stereocenters. The van der Waals surface area contributed by atoms with Crippen LogP contribution in [0.15, 0.2) is 48.7 Å². The molecule has 6 nitrogen and oxygen atoms in total. The first-order valence-corrected chi connectivity index (χ1v) is 8.91. The third kappa shape index (κ3) is 4.00. The van der Waals surface area contributed by atoms with Crippen molar-refractivity contribution < 1.29 is 14.7 Å². The van der Waals surface area contributed by atoms with Crippen LogP contribution >= 0.6 is 0 Å². The van der Waals surface area contributed by atoms with Crippen molar-refractivity contribution in [2.45, 2.75) is 33.4 Å². The molecule has 0 saturated carbocycles. The molecule has 3 aromatic rings. The van der Waals surface area contributed by atoms with Crippen LogP contribution in [0.1, 0.15) is 41.5 Å². The fourth-order valence-corrected chi connectivity index (χ4v) is 3.08. The van der Waals surface area contributed by atoms with Crippen molar-refractivity contribution in [3.63, 3.8) is 0 Å². The van der Waals surface area contributed by atoms with Crippen molar-refractivity contribution in [3.8, 4) is 0 Å². The van der Waals surface area contributed by atoms with Crippen LogP contribution < -0.4 is 5.32 Å². The van der Waals surface area contributed by atoms with Crippen LogP contribution in [0, 0.1) is 12.8 Å². The van der Waals surface area contributed by atoms with Gasteiger partial charge in [-0.15, -0.1) is 0 Å². The Morgan fingerprint density at radius 2 is 1.85 bits per heavy atom. The van der Waals surface area contributed by atoms with Crippen molar-refractivity contribution in [3.05, 3.63) is 65.5 Å². The monoisotopic (exact) mass is 365 g/mol. The van der Waals surface area contributed by atoms with E-state index >= 15 is 0 Å². The van der Waals surface area contributed by atoms with Gasteiger partial charge in [0.15, 0.2) is 6.04 Å². The first-order valence-electron chi connectivity index (χ1n) is 8.91. The molecular weight excluding hydrogens is 342 g/mol. The summed E-state index contributed by atoms with van der Waals surface area (Å²) >= 11 is 0. The van der Waals surface area contributed by atoms with E-state index in [1.807, 2.05) is 37.3 Å². The highest BCUT2D eigenvalue weighted by Crippen LogP contribution is 2.21. The second-order valence-corrected chi connectivity index (χ2v) is 7.07. The molecule has 0 spiro atoms. The number of carbonyl (C=O) groups excluding carboxylic acids is 1. The minimum atomic E-state index is -1.13. The fourth-order valence-electron chi connectivity index (χ4n) is 3.08. The summed E-state index contributed by atoms with van der Waals surface area (Å²) in [5.74, 6) is -1.15. The molecule has 6 heteroatoms. The van der Waals surface area contributed by atoms with Gasteiger partial charge in [0.2, 0.25) is 0 Å². The summed E-state index contributed by atoms with van der Waals surface area (Å²) in [6, 6.07) is 12.0. The number of carboxylic acids is 1. The lowest BCUT2D eigenvalue weighted by atomic mass is 10.0. The molecule has 1 amide bonds. The highest BCUT2D eigenvalue weighted by Gasteiger charge is 2.25. The van der Waals surface area contributed by atoms with Gasteiger partial charge in [-0.2, -0.15) is 5.10 Å². The van der Waals surface area contributed by atoms with Gasteiger partial charge < -0.3 is 10.4 Å². The van der Waals surface area contributed by atoms with E-state index in [-0.39, 0.29) is 0 Å². The first kappa shape index (κ1) is 18.6. The summed E-state index contributed by atoms with van der Waals surface area (Å²) in [5.41, 5.74) is 1.65. The van der Waals surface area contributed by atoms with E-state index < -0.39 is 17.9 Å². The number of amides is 1. The summed E-state index contributed by atoms with van der Waals surface area (Å²) in [5, 5.41) is 18.5. The van der Waals surface area contributed by atoms with E-state index in [1.165, 1.54) is 6.20 Å². The molecule has 0 aliphatic carbocycles. The Morgan fingerprint density at radius 3 is 2.52 bits per heavy atom. The fraction of sp³-hybridized carbons (Fsp3) is 0.286.